The lowest BCUT2D eigenvalue weighted by molar-refractivity contribution is 0.187. The van der Waals surface area contributed by atoms with E-state index in [1.165, 1.54) is 0 Å². The van der Waals surface area contributed by atoms with Crippen molar-refractivity contribution in [3.8, 4) is 0 Å². The number of primary sulfonamides is 1. The van der Waals surface area contributed by atoms with E-state index in [1.807, 2.05) is 0 Å². The molecule has 84 valence electrons. The molecule has 0 amide bonds. The zero-order valence-electron chi connectivity index (χ0n) is 8.35. The van der Waals surface area contributed by atoms with Gasteiger partial charge in [0.2, 0.25) is 10.0 Å². The molecule has 0 bridgehead atoms. The van der Waals surface area contributed by atoms with Gasteiger partial charge in [-0.15, -0.1) is 0 Å². The van der Waals surface area contributed by atoms with Crippen molar-refractivity contribution in [1.29, 1.82) is 0 Å². The molecule has 1 unspecified atom stereocenters. The molecule has 1 aliphatic heterocycles. The second-order valence-electron chi connectivity index (χ2n) is 3.91. The summed E-state index contributed by atoms with van der Waals surface area (Å²) in [7, 11) is -3.32. The van der Waals surface area contributed by atoms with Crippen LogP contribution in [0.5, 0.6) is 0 Å². The minimum atomic E-state index is -3.32. The van der Waals surface area contributed by atoms with Crippen molar-refractivity contribution in [3.05, 3.63) is 0 Å². The first-order valence-corrected chi connectivity index (χ1v) is 6.65. The monoisotopic (exact) mass is 221 g/mol. The second-order valence-corrected chi connectivity index (χ2v) is 5.65. The Morgan fingerprint density at radius 3 is 2.71 bits per heavy atom. The molecule has 1 rings (SSSR count). The van der Waals surface area contributed by atoms with Crippen LogP contribution in [0.1, 0.15) is 12.8 Å². The molecule has 5 nitrogen and oxygen atoms in total. The van der Waals surface area contributed by atoms with E-state index < -0.39 is 10.0 Å². The van der Waals surface area contributed by atoms with E-state index in [0.717, 1.165) is 25.9 Å². The quantitative estimate of drug-likeness (QED) is 0.633. The summed E-state index contributed by atoms with van der Waals surface area (Å²) in [6, 6.07) is 0. The van der Waals surface area contributed by atoms with Crippen LogP contribution in [0.25, 0.3) is 0 Å². The molecule has 0 aromatic rings. The fourth-order valence-electron chi connectivity index (χ4n) is 1.80. The first kappa shape index (κ1) is 11.9. The van der Waals surface area contributed by atoms with Crippen LogP contribution in [0.3, 0.4) is 0 Å². The number of nitrogens with two attached hydrogens (primary N) is 2. The van der Waals surface area contributed by atoms with Crippen LogP contribution in [-0.2, 0) is 10.0 Å². The van der Waals surface area contributed by atoms with Gasteiger partial charge in [0.15, 0.2) is 0 Å². The Morgan fingerprint density at radius 1 is 1.43 bits per heavy atom. The number of piperidine rings is 1. The average molecular weight is 221 g/mol. The highest BCUT2D eigenvalue weighted by Gasteiger charge is 2.19. The van der Waals surface area contributed by atoms with Gasteiger partial charge in [0.25, 0.3) is 0 Å². The molecular weight excluding hydrogens is 202 g/mol. The van der Waals surface area contributed by atoms with E-state index in [0.29, 0.717) is 19.0 Å². The van der Waals surface area contributed by atoms with Gasteiger partial charge < -0.3 is 10.6 Å². The number of hydrogen-bond acceptors (Lipinski definition) is 4. The van der Waals surface area contributed by atoms with Gasteiger partial charge in [-0.3, -0.25) is 0 Å². The van der Waals surface area contributed by atoms with Crippen molar-refractivity contribution < 1.29 is 8.42 Å². The molecule has 0 radical (unpaired) electrons. The van der Waals surface area contributed by atoms with Crippen molar-refractivity contribution >= 4 is 10.0 Å². The maximum atomic E-state index is 10.8. The SMILES string of the molecule is NCC1CCCN(CCS(N)(=O)=O)C1. The van der Waals surface area contributed by atoms with Gasteiger partial charge in [-0.2, -0.15) is 0 Å². The third-order valence-electron chi connectivity index (χ3n) is 2.63. The minimum absolute atomic E-state index is 0.0459. The highest BCUT2D eigenvalue weighted by molar-refractivity contribution is 7.89. The van der Waals surface area contributed by atoms with Crippen LogP contribution in [0.2, 0.25) is 0 Å². The first-order chi connectivity index (χ1) is 6.51. The summed E-state index contributed by atoms with van der Waals surface area (Å²) in [6.45, 7) is 3.10. The van der Waals surface area contributed by atoms with E-state index in [4.69, 9.17) is 10.9 Å². The summed E-state index contributed by atoms with van der Waals surface area (Å²) in [5.74, 6) is 0.564. The summed E-state index contributed by atoms with van der Waals surface area (Å²) in [5.41, 5.74) is 5.58. The fourth-order valence-corrected chi connectivity index (χ4v) is 2.32. The summed E-state index contributed by atoms with van der Waals surface area (Å²) < 4.78 is 21.5. The molecule has 6 heteroatoms. The lowest BCUT2D eigenvalue weighted by Crippen LogP contribution is -2.41. The lowest BCUT2D eigenvalue weighted by Gasteiger charge is -2.31. The zero-order chi connectivity index (χ0) is 10.6. The van der Waals surface area contributed by atoms with E-state index >= 15 is 0 Å². The van der Waals surface area contributed by atoms with Crippen LogP contribution in [0.4, 0.5) is 0 Å². The number of sulfonamides is 1. The molecule has 0 aliphatic carbocycles. The molecule has 1 saturated heterocycles. The molecule has 1 aliphatic rings. The van der Waals surface area contributed by atoms with Crippen molar-refractivity contribution in [2.45, 2.75) is 12.8 Å². The highest BCUT2D eigenvalue weighted by atomic mass is 32.2. The van der Waals surface area contributed by atoms with Crippen molar-refractivity contribution in [2.24, 2.45) is 16.8 Å². The van der Waals surface area contributed by atoms with Crippen LogP contribution in [-0.4, -0.2) is 45.2 Å². The predicted octanol–water partition coefficient (Wildman–Crippen LogP) is -1.05. The van der Waals surface area contributed by atoms with Gasteiger partial charge in [0, 0.05) is 13.1 Å². The Kier molecular flexibility index (Phi) is 4.31. The van der Waals surface area contributed by atoms with Crippen LogP contribution in [0.15, 0.2) is 0 Å². The largest absolute Gasteiger partial charge is 0.330 e. The third-order valence-corrected chi connectivity index (χ3v) is 3.38. The number of likely N-dealkylation sites (tertiary alicyclic amines) is 1. The van der Waals surface area contributed by atoms with Crippen LogP contribution in [0, 0.1) is 5.92 Å². The molecule has 1 fully saturated rings. The fraction of sp³-hybridized carbons (Fsp3) is 1.00. The van der Waals surface area contributed by atoms with Gasteiger partial charge in [-0.05, 0) is 31.8 Å². The van der Waals surface area contributed by atoms with Crippen molar-refractivity contribution in [3.63, 3.8) is 0 Å². The molecule has 1 heterocycles. The second kappa shape index (κ2) is 5.06. The van der Waals surface area contributed by atoms with Gasteiger partial charge in [-0.25, -0.2) is 13.6 Å². The lowest BCUT2D eigenvalue weighted by atomic mass is 9.98. The Bertz CT molecular complexity index is 266. The van der Waals surface area contributed by atoms with Crippen LogP contribution < -0.4 is 10.9 Å². The number of nitrogens with zero attached hydrogens (tertiary/aromatic N) is 1. The van der Waals surface area contributed by atoms with Gasteiger partial charge in [-0.1, -0.05) is 0 Å². The van der Waals surface area contributed by atoms with E-state index in [1.54, 1.807) is 0 Å². The summed E-state index contributed by atoms with van der Waals surface area (Å²) in [5, 5.41) is 4.94. The molecule has 14 heavy (non-hydrogen) atoms. The normalized spacial score (nSPS) is 25.1. The van der Waals surface area contributed by atoms with E-state index in [2.05, 4.69) is 4.90 Å². The Labute approximate surface area is 85.5 Å². The number of hydrogen-bond donors (Lipinski definition) is 2. The number of rotatable bonds is 4. The molecule has 0 spiro atoms. The molecule has 1 atom stereocenters. The van der Waals surface area contributed by atoms with Gasteiger partial charge >= 0.3 is 0 Å². The summed E-state index contributed by atoms with van der Waals surface area (Å²) >= 11 is 0. The van der Waals surface area contributed by atoms with Gasteiger partial charge in [0.1, 0.15) is 0 Å². The molecule has 0 aromatic heterocycles. The van der Waals surface area contributed by atoms with Crippen molar-refractivity contribution in [2.75, 3.05) is 31.9 Å². The van der Waals surface area contributed by atoms with Gasteiger partial charge in [0.05, 0.1) is 5.75 Å². The standard InChI is InChI=1S/C8H19N3O2S/c9-6-8-2-1-3-11(7-8)4-5-14(10,12)13/h8H,1-7,9H2,(H2,10,12,13). The smallest absolute Gasteiger partial charge is 0.210 e. The van der Waals surface area contributed by atoms with E-state index in [9.17, 15) is 8.42 Å². The maximum absolute atomic E-state index is 10.8. The average Bonchev–Trinajstić information content (AvgIpc) is 2.14. The maximum Gasteiger partial charge on any atom is 0.210 e. The Hall–Kier alpha value is -0.170. The Morgan fingerprint density at radius 2 is 2.14 bits per heavy atom. The van der Waals surface area contributed by atoms with Crippen LogP contribution >= 0.6 is 0 Å². The summed E-state index contributed by atoms with van der Waals surface area (Å²) in [6.07, 6.45) is 2.26. The minimum Gasteiger partial charge on any atom is -0.330 e. The molecule has 4 N–H and O–H groups in total. The molecular formula is C8H19N3O2S. The first-order valence-electron chi connectivity index (χ1n) is 4.94. The van der Waals surface area contributed by atoms with E-state index in [-0.39, 0.29) is 5.75 Å². The Balaban J connectivity index is 2.31. The van der Waals surface area contributed by atoms with Crippen molar-refractivity contribution in [1.82, 2.24) is 4.90 Å². The summed E-state index contributed by atoms with van der Waals surface area (Å²) in [4.78, 5) is 2.13. The zero-order valence-corrected chi connectivity index (χ0v) is 9.17. The molecule has 0 aromatic carbocycles. The topological polar surface area (TPSA) is 89.4 Å². The highest BCUT2D eigenvalue weighted by Crippen LogP contribution is 2.14. The predicted molar refractivity (Wildman–Crippen MR) is 56.2 cm³/mol. The third kappa shape index (κ3) is 4.36. The molecule has 0 saturated carbocycles.